The molecule has 0 saturated carbocycles. The van der Waals surface area contributed by atoms with Crippen LogP contribution in [0, 0.1) is 0 Å². The van der Waals surface area contributed by atoms with E-state index >= 15 is 0 Å². The Bertz CT molecular complexity index is 380. The SMILES string of the molecule is CCN1CC2CC1CN2c1ncc(Cl)cn1. The van der Waals surface area contributed by atoms with Crippen LogP contribution in [-0.2, 0) is 0 Å². The summed E-state index contributed by atoms with van der Waals surface area (Å²) in [5.74, 6) is 0.827. The highest BCUT2D eigenvalue weighted by Crippen LogP contribution is 2.32. The van der Waals surface area contributed by atoms with E-state index < -0.39 is 0 Å². The topological polar surface area (TPSA) is 32.3 Å². The maximum absolute atomic E-state index is 5.79. The van der Waals surface area contributed by atoms with E-state index in [1.165, 1.54) is 6.42 Å². The average Bonchev–Trinajstić information content (AvgIpc) is 2.88. The van der Waals surface area contributed by atoms with E-state index in [0.29, 0.717) is 17.1 Å². The van der Waals surface area contributed by atoms with Gasteiger partial charge in [0.25, 0.3) is 0 Å². The highest BCUT2D eigenvalue weighted by molar-refractivity contribution is 6.30. The van der Waals surface area contributed by atoms with Crippen molar-refractivity contribution >= 4 is 17.5 Å². The Morgan fingerprint density at radius 3 is 2.62 bits per heavy atom. The molecule has 0 amide bonds. The van der Waals surface area contributed by atoms with Crippen LogP contribution in [0.15, 0.2) is 12.4 Å². The molecule has 2 atom stereocenters. The van der Waals surface area contributed by atoms with Gasteiger partial charge in [-0.25, -0.2) is 9.97 Å². The molecule has 16 heavy (non-hydrogen) atoms. The molecule has 5 heteroatoms. The van der Waals surface area contributed by atoms with Crippen LogP contribution in [0.5, 0.6) is 0 Å². The molecule has 86 valence electrons. The molecule has 0 spiro atoms. The van der Waals surface area contributed by atoms with Crippen molar-refractivity contribution in [1.29, 1.82) is 0 Å². The summed E-state index contributed by atoms with van der Waals surface area (Å²) in [6.45, 7) is 5.58. The fourth-order valence-electron chi connectivity index (χ4n) is 2.84. The molecule has 4 nitrogen and oxygen atoms in total. The molecular weight excluding hydrogens is 224 g/mol. The lowest BCUT2D eigenvalue weighted by molar-refractivity contribution is 0.250. The van der Waals surface area contributed by atoms with Crippen LogP contribution in [0.2, 0.25) is 5.02 Å². The first-order valence-electron chi connectivity index (χ1n) is 5.76. The van der Waals surface area contributed by atoms with Gasteiger partial charge in [0.2, 0.25) is 5.95 Å². The third-order valence-electron chi connectivity index (χ3n) is 3.62. The molecule has 2 bridgehead atoms. The number of halogens is 1. The molecule has 1 aromatic heterocycles. The molecule has 0 N–H and O–H groups in total. The second-order valence-corrected chi connectivity index (χ2v) is 4.92. The molecule has 0 aromatic carbocycles. The molecule has 2 aliphatic rings. The van der Waals surface area contributed by atoms with E-state index in [0.717, 1.165) is 25.6 Å². The van der Waals surface area contributed by atoms with Crippen LogP contribution in [0.1, 0.15) is 13.3 Å². The minimum atomic E-state index is 0.589. The Balaban J connectivity index is 1.77. The summed E-state index contributed by atoms with van der Waals surface area (Å²) >= 11 is 5.79. The van der Waals surface area contributed by atoms with Gasteiger partial charge in [-0.05, 0) is 13.0 Å². The summed E-state index contributed by atoms with van der Waals surface area (Å²) < 4.78 is 0. The van der Waals surface area contributed by atoms with Gasteiger partial charge in [0.1, 0.15) is 0 Å². The fourth-order valence-corrected chi connectivity index (χ4v) is 2.93. The zero-order valence-electron chi connectivity index (χ0n) is 9.30. The summed E-state index contributed by atoms with van der Waals surface area (Å²) in [4.78, 5) is 13.4. The number of fused-ring (bicyclic) bond motifs is 2. The highest BCUT2D eigenvalue weighted by Gasteiger charge is 2.43. The van der Waals surface area contributed by atoms with E-state index in [4.69, 9.17) is 11.6 Å². The molecule has 2 aliphatic heterocycles. The normalized spacial score (nSPS) is 29.0. The number of aromatic nitrogens is 2. The van der Waals surface area contributed by atoms with Gasteiger partial charge < -0.3 is 4.90 Å². The van der Waals surface area contributed by atoms with Crippen molar-refractivity contribution in [3.8, 4) is 0 Å². The highest BCUT2D eigenvalue weighted by atomic mass is 35.5. The van der Waals surface area contributed by atoms with Crippen molar-refractivity contribution in [2.24, 2.45) is 0 Å². The number of anilines is 1. The first-order valence-corrected chi connectivity index (χ1v) is 6.14. The van der Waals surface area contributed by atoms with Crippen LogP contribution in [-0.4, -0.2) is 46.6 Å². The molecule has 3 rings (SSSR count). The Morgan fingerprint density at radius 2 is 2.06 bits per heavy atom. The van der Waals surface area contributed by atoms with Crippen LogP contribution >= 0.6 is 11.6 Å². The molecule has 0 radical (unpaired) electrons. The number of nitrogens with zero attached hydrogens (tertiary/aromatic N) is 4. The molecule has 3 heterocycles. The monoisotopic (exact) mass is 238 g/mol. The number of piperazine rings is 1. The van der Waals surface area contributed by atoms with E-state index in [2.05, 4.69) is 26.7 Å². The van der Waals surface area contributed by atoms with E-state index in [9.17, 15) is 0 Å². The maximum Gasteiger partial charge on any atom is 0.225 e. The molecule has 2 fully saturated rings. The second kappa shape index (κ2) is 3.86. The minimum Gasteiger partial charge on any atom is -0.335 e. The van der Waals surface area contributed by atoms with Crippen LogP contribution in [0.25, 0.3) is 0 Å². The van der Waals surface area contributed by atoms with Crippen molar-refractivity contribution in [2.75, 3.05) is 24.5 Å². The minimum absolute atomic E-state index is 0.589. The molecular formula is C11H15ClN4. The summed E-state index contributed by atoms with van der Waals surface area (Å²) in [6, 6.07) is 1.28. The van der Waals surface area contributed by atoms with Gasteiger partial charge in [0.05, 0.1) is 17.4 Å². The van der Waals surface area contributed by atoms with E-state index in [-0.39, 0.29) is 0 Å². The fraction of sp³-hybridized carbons (Fsp3) is 0.636. The Kier molecular flexibility index (Phi) is 2.48. The predicted octanol–water partition coefficient (Wildman–Crippen LogP) is 1.41. The lowest BCUT2D eigenvalue weighted by atomic mass is 10.2. The van der Waals surface area contributed by atoms with Crippen molar-refractivity contribution in [3.05, 3.63) is 17.4 Å². The van der Waals surface area contributed by atoms with Gasteiger partial charge >= 0.3 is 0 Å². The van der Waals surface area contributed by atoms with Crippen molar-refractivity contribution in [2.45, 2.75) is 25.4 Å². The Hall–Kier alpha value is -0.870. The maximum atomic E-state index is 5.79. The zero-order chi connectivity index (χ0) is 11.1. The van der Waals surface area contributed by atoms with Gasteiger partial charge in [0, 0.05) is 25.2 Å². The van der Waals surface area contributed by atoms with Gasteiger partial charge in [-0.15, -0.1) is 0 Å². The number of rotatable bonds is 2. The van der Waals surface area contributed by atoms with Crippen molar-refractivity contribution in [1.82, 2.24) is 14.9 Å². The average molecular weight is 239 g/mol. The molecule has 1 aromatic rings. The lowest BCUT2D eigenvalue weighted by Gasteiger charge is -2.33. The number of likely N-dealkylation sites (tertiary alicyclic amines) is 1. The predicted molar refractivity (Wildman–Crippen MR) is 63.8 cm³/mol. The number of hydrogen-bond acceptors (Lipinski definition) is 4. The number of likely N-dealkylation sites (N-methyl/N-ethyl adjacent to an activating group) is 1. The summed E-state index contributed by atoms with van der Waals surface area (Å²) in [5.41, 5.74) is 0. The van der Waals surface area contributed by atoms with Crippen LogP contribution in [0.3, 0.4) is 0 Å². The van der Waals surface area contributed by atoms with Crippen LogP contribution < -0.4 is 4.90 Å². The first kappa shape index (κ1) is 10.3. The second-order valence-electron chi connectivity index (χ2n) is 4.48. The quantitative estimate of drug-likeness (QED) is 0.780. The standard InChI is InChI=1S/C11H15ClN4/c1-2-15-6-10-3-9(15)7-16(10)11-13-4-8(12)5-14-11/h4-5,9-10H,2-3,6-7H2,1H3. The first-order chi connectivity index (χ1) is 7.78. The van der Waals surface area contributed by atoms with E-state index in [1.54, 1.807) is 12.4 Å². The molecule has 2 saturated heterocycles. The van der Waals surface area contributed by atoms with Crippen molar-refractivity contribution < 1.29 is 0 Å². The van der Waals surface area contributed by atoms with Gasteiger partial charge in [0.15, 0.2) is 0 Å². The zero-order valence-corrected chi connectivity index (χ0v) is 10.1. The van der Waals surface area contributed by atoms with E-state index in [1.807, 2.05) is 0 Å². The summed E-state index contributed by atoms with van der Waals surface area (Å²) in [6.07, 6.45) is 4.60. The molecule has 2 unspecified atom stereocenters. The number of hydrogen-bond donors (Lipinski definition) is 0. The Labute approximate surface area is 100 Å². The summed E-state index contributed by atoms with van der Waals surface area (Å²) in [7, 11) is 0. The van der Waals surface area contributed by atoms with Gasteiger partial charge in [-0.3, -0.25) is 4.90 Å². The summed E-state index contributed by atoms with van der Waals surface area (Å²) in [5, 5.41) is 0.600. The lowest BCUT2D eigenvalue weighted by Crippen LogP contribution is -2.46. The van der Waals surface area contributed by atoms with Crippen LogP contribution in [0.4, 0.5) is 5.95 Å². The largest absolute Gasteiger partial charge is 0.335 e. The Morgan fingerprint density at radius 1 is 1.31 bits per heavy atom. The van der Waals surface area contributed by atoms with Gasteiger partial charge in [-0.1, -0.05) is 18.5 Å². The molecule has 0 aliphatic carbocycles. The third kappa shape index (κ3) is 1.57. The third-order valence-corrected chi connectivity index (χ3v) is 3.82. The van der Waals surface area contributed by atoms with Crippen molar-refractivity contribution in [3.63, 3.8) is 0 Å². The van der Waals surface area contributed by atoms with Gasteiger partial charge in [-0.2, -0.15) is 0 Å². The smallest absolute Gasteiger partial charge is 0.225 e.